The van der Waals surface area contributed by atoms with Crippen LogP contribution in [0.15, 0.2) is 36.4 Å². The smallest absolute Gasteiger partial charge is 0.186 e. The fourth-order valence-electron chi connectivity index (χ4n) is 5.87. The molecule has 16 heteroatoms. The van der Waals surface area contributed by atoms with E-state index in [9.17, 15) is 51.1 Å². The molecule has 12 atom stereocenters. The largest absolute Gasteiger partial charge is 0.508 e. The molecular formula is C32H50O14S2. The first kappa shape index (κ1) is 42.4. The maximum atomic E-state index is 10.6. The molecule has 2 aromatic rings. The van der Waals surface area contributed by atoms with Crippen molar-refractivity contribution in [2.24, 2.45) is 11.8 Å². The van der Waals surface area contributed by atoms with Gasteiger partial charge in [-0.15, -0.1) is 0 Å². The van der Waals surface area contributed by atoms with E-state index in [1.165, 1.54) is 0 Å². The van der Waals surface area contributed by atoms with Crippen LogP contribution in [-0.2, 0) is 31.8 Å². The Kier molecular flexibility index (Phi) is 16.8. The van der Waals surface area contributed by atoms with E-state index in [0.717, 1.165) is 11.1 Å². The lowest BCUT2D eigenvalue weighted by molar-refractivity contribution is -0.308. The SMILES string of the molecule is Cc1cc(C[C@H](CO[C@@H]2O[C@H](CO)[C@@H](O)[C@H](O)[C@H]2O)[C@@H](CO[C@@H]2O[C@H](CO)[C@@H](O)[C@H](O)[C@H]2O)Cc2ccc(O)c(C)c2)ccc1O.S.S. The predicted octanol–water partition coefficient (Wildman–Crippen LogP) is -1.41. The summed E-state index contributed by atoms with van der Waals surface area (Å²) in [6.45, 7) is 2.05. The first-order valence-electron chi connectivity index (χ1n) is 15.3. The van der Waals surface area contributed by atoms with Gasteiger partial charge in [0.1, 0.15) is 60.3 Å². The van der Waals surface area contributed by atoms with E-state index in [2.05, 4.69) is 0 Å². The number of aliphatic hydroxyl groups is 8. The van der Waals surface area contributed by atoms with E-state index >= 15 is 0 Å². The van der Waals surface area contributed by atoms with E-state index in [4.69, 9.17) is 18.9 Å². The van der Waals surface area contributed by atoms with Gasteiger partial charge < -0.3 is 70.0 Å². The second-order valence-electron chi connectivity index (χ2n) is 12.2. The highest BCUT2D eigenvalue weighted by molar-refractivity contribution is 7.59. The van der Waals surface area contributed by atoms with Gasteiger partial charge in [-0.05, 0) is 72.9 Å². The molecule has 2 saturated heterocycles. The fourth-order valence-corrected chi connectivity index (χ4v) is 5.87. The lowest BCUT2D eigenvalue weighted by atomic mass is 9.83. The highest BCUT2D eigenvalue weighted by Crippen LogP contribution is 2.31. The molecule has 48 heavy (non-hydrogen) atoms. The molecular weight excluding hydrogens is 672 g/mol. The summed E-state index contributed by atoms with van der Waals surface area (Å²) in [6.07, 6.45) is -14.1. The average Bonchev–Trinajstić information content (AvgIpc) is 3.04. The first-order valence-corrected chi connectivity index (χ1v) is 15.3. The van der Waals surface area contributed by atoms with Gasteiger partial charge in [0.05, 0.1) is 26.4 Å². The van der Waals surface area contributed by atoms with Crippen molar-refractivity contribution in [3.8, 4) is 11.5 Å². The molecule has 2 aliphatic heterocycles. The number of phenolic OH excluding ortho intramolecular Hbond substituents is 2. The molecule has 0 amide bonds. The van der Waals surface area contributed by atoms with Crippen LogP contribution in [-0.4, -0.2) is 139 Å². The molecule has 0 saturated carbocycles. The minimum atomic E-state index is -1.64. The van der Waals surface area contributed by atoms with Crippen molar-refractivity contribution >= 4 is 27.0 Å². The Morgan fingerprint density at radius 1 is 0.583 bits per heavy atom. The summed E-state index contributed by atoms with van der Waals surface area (Å²) < 4.78 is 23.1. The van der Waals surface area contributed by atoms with Gasteiger partial charge in [0, 0.05) is 0 Å². The fraction of sp³-hybridized carbons (Fsp3) is 0.625. The molecule has 14 nitrogen and oxygen atoms in total. The Balaban J connectivity index is 0.00000400. The molecule has 2 fully saturated rings. The standard InChI is InChI=1S/C32H46O14.2H2S/c1-15-7-17(3-5-21(15)35)9-19(13-43-31-29(41)27(39)25(37)23(11-33)45-31)20(10-18-4-6-22(36)16(2)8-18)14-44-32-30(42)28(40)26(38)24(12-34)46-32;;/h3-8,19-20,23-42H,9-14H2,1-2H3;2*1H2/t19-,20-,23-,24-,25-,26-,27+,28+,29-,30-,31-,32-;;/m1../s1. The lowest BCUT2D eigenvalue weighted by Crippen LogP contribution is -2.59. The van der Waals surface area contributed by atoms with E-state index < -0.39 is 86.5 Å². The van der Waals surface area contributed by atoms with Gasteiger partial charge in [-0.25, -0.2) is 0 Å². The quantitative estimate of drug-likeness (QED) is 0.114. The number of benzene rings is 2. The highest BCUT2D eigenvalue weighted by atomic mass is 32.1. The van der Waals surface area contributed by atoms with Crippen LogP contribution in [0.5, 0.6) is 11.5 Å². The van der Waals surface area contributed by atoms with Gasteiger partial charge in [0.25, 0.3) is 0 Å². The minimum Gasteiger partial charge on any atom is -0.508 e. The molecule has 0 radical (unpaired) electrons. The molecule has 0 spiro atoms. The predicted molar refractivity (Wildman–Crippen MR) is 180 cm³/mol. The van der Waals surface area contributed by atoms with Crippen LogP contribution in [0.1, 0.15) is 22.3 Å². The molecule has 4 rings (SSSR count). The number of hydrogen-bond acceptors (Lipinski definition) is 14. The summed E-state index contributed by atoms with van der Waals surface area (Å²) in [4.78, 5) is 0. The number of phenols is 2. The van der Waals surface area contributed by atoms with E-state index in [-0.39, 0.29) is 51.7 Å². The zero-order chi connectivity index (χ0) is 33.7. The molecule has 2 aromatic carbocycles. The summed E-state index contributed by atoms with van der Waals surface area (Å²) >= 11 is 0. The topological polar surface area (TPSA) is 239 Å². The van der Waals surface area contributed by atoms with Crippen LogP contribution in [0.25, 0.3) is 0 Å². The molecule has 2 aliphatic rings. The van der Waals surface area contributed by atoms with Gasteiger partial charge in [-0.1, -0.05) is 24.3 Å². The summed E-state index contributed by atoms with van der Waals surface area (Å²) in [5.74, 6) is -0.675. The number of aryl methyl sites for hydroxylation is 2. The Labute approximate surface area is 293 Å². The van der Waals surface area contributed by atoms with Crippen molar-refractivity contribution in [1.29, 1.82) is 0 Å². The number of aromatic hydroxyl groups is 2. The summed E-state index contributed by atoms with van der Waals surface area (Å²) in [5, 5.41) is 102. The number of hydrogen-bond donors (Lipinski definition) is 10. The van der Waals surface area contributed by atoms with Crippen LogP contribution in [0.4, 0.5) is 0 Å². The van der Waals surface area contributed by atoms with Crippen LogP contribution in [0, 0.1) is 25.7 Å². The minimum absolute atomic E-state index is 0. The van der Waals surface area contributed by atoms with Gasteiger partial charge in [-0.3, -0.25) is 0 Å². The first-order chi connectivity index (χ1) is 21.8. The zero-order valence-corrected chi connectivity index (χ0v) is 28.7. The summed E-state index contributed by atoms with van der Waals surface area (Å²) in [7, 11) is 0. The van der Waals surface area contributed by atoms with Crippen LogP contribution in [0.3, 0.4) is 0 Å². The Morgan fingerprint density at radius 2 is 0.938 bits per heavy atom. The van der Waals surface area contributed by atoms with Crippen molar-refractivity contribution in [3.05, 3.63) is 58.7 Å². The zero-order valence-electron chi connectivity index (χ0n) is 26.7. The molecule has 0 unspecified atom stereocenters. The molecule has 10 N–H and O–H groups in total. The van der Waals surface area contributed by atoms with Crippen LogP contribution in [0.2, 0.25) is 0 Å². The Hall–Kier alpha value is -1.74. The second-order valence-corrected chi connectivity index (χ2v) is 12.2. The number of aliphatic hydroxyl groups excluding tert-OH is 8. The molecule has 0 aromatic heterocycles. The van der Waals surface area contributed by atoms with Crippen molar-refractivity contribution < 1.29 is 70.0 Å². The molecule has 0 aliphatic carbocycles. The van der Waals surface area contributed by atoms with Crippen molar-refractivity contribution in [2.75, 3.05) is 26.4 Å². The average molecular weight is 723 g/mol. The molecule has 2 heterocycles. The Bertz CT molecular complexity index is 1170. The summed E-state index contributed by atoms with van der Waals surface area (Å²) in [5.41, 5.74) is 2.90. The van der Waals surface area contributed by atoms with Crippen LogP contribution < -0.4 is 0 Å². The van der Waals surface area contributed by atoms with E-state index in [1.807, 2.05) is 0 Å². The lowest BCUT2D eigenvalue weighted by Gasteiger charge is -2.41. The monoisotopic (exact) mass is 722 g/mol. The Morgan fingerprint density at radius 3 is 1.25 bits per heavy atom. The maximum Gasteiger partial charge on any atom is 0.186 e. The van der Waals surface area contributed by atoms with Gasteiger partial charge in [0.15, 0.2) is 12.6 Å². The maximum absolute atomic E-state index is 10.6. The number of ether oxygens (including phenoxy) is 4. The van der Waals surface area contributed by atoms with Gasteiger partial charge >= 0.3 is 0 Å². The third kappa shape index (κ3) is 10.2. The van der Waals surface area contributed by atoms with Gasteiger partial charge in [-0.2, -0.15) is 27.0 Å². The van der Waals surface area contributed by atoms with Crippen molar-refractivity contribution in [1.82, 2.24) is 0 Å². The molecule has 0 bridgehead atoms. The normalized spacial score (nSPS) is 31.7. The third-order valence-electron chi connectivity index (χ3n) is 8.83. The van der Waals surface area contributed by atoms with E-state index in [0.29, 0.717) is 24.0 Å². The summed E-state index contributed by atoms with van der Waals surface area (Å²) in [6, 6.07) is 10.2. The molecule has 274 valence electrons. The number of rotatable bonds is 13. The van der Waals surface area contributed by atoms with Gasteiger partial charge in [0.2, 0.25) is 0 Å². The third-order valence-corrected chi connectivity index (χ3v) is 8.83. The van der Waals surface area contributed by atoms with Crippen molar-refractivity contribution in [2.45, 2.75) is 88.1 Å². The highest BCUT2D eigenvalue weighted by Gasteiger charge is 2.46. The van der Waals surface area contributed by atoms with Crippen molar-refractivity contribution in [3.63, 3.8) is 0 Å². The van der Waals surface area contributed by atoms with Crippen LogP contribution >= 0.6 is 27.0 Å². The van der Waals surface area contributed by atoms with E-state index in [1.54, 1.807) is 50.2 Å². The second kappa shape index (κ2) is 19.0.